The fraction of sp³-hybridized carbons (Fsp3) is 0.205. The molecular weight excluding hydrogens is 607 g/mol. The molecule has 0 unspecified atom stereocenters. The van der Waals surface area contributed by atoms with Gasteiger partial charge in [-0.2, -0.15) is 4.31 Å². The molecule has 8 heteroatoms. The summed E-state index contributed by atoms with van der Waals surface area (Å²) in [6, 6.07) is 33.3. The van der Waals surface area contributed by atoms with Gasteiger partial charge in [0.25, 0.3) is 0 Å². The molecule has 0 bridgehead atoms. The summed E-state index contributed by atoms with van der Waals surface area (Å²) >= 11 is 0. The zero-order chi connectivity index (χ0) is 32.6. The summed E-state index contributed by atoms with van der Waals surface area (Å²) < 4.78 is 29.5. The monoisotopic (exact) mass is 643 g/mol. The molecule has 7 nitrogen and oxygen atoms in total. The molecular formula is C39H37N3O4S. The van der Waals surface area contributed by atoms with Crippen molar-refractivity contribution in [3.05, 3.63) is 138 Å². The van der Waals surface area contributed by atoms with E-state index >= 15 is 0 Å². The van der Waals surface area contributed by atoms with Crippen LogP contribution in [0.5, 0.6) is 0 Å². The van der Waals surface area contributed by atoms with Crippen molar-refractivity contribution in [2.45, 2.75) is 50.1 Å². The Kier molecular flexibility index (Phi) is 10.00. The van der Waals surface area contributed by atoms with Gasteiger partial charge in [0.1, 0.15) is 6.29 Å². The molecule has 0 atom stereocenters. The van der Waals surface area contributed by atoms with Crippen molar-refractivity contribution in [1.29, 1.82) is 0 Å². The molecule has 0 aliphatic heterocycles. The summed E-state index contributed by atoms with van der Waals surface area (Å²) in [6.45, 7) is 0.335. The van der Waals surface area contributed by atoms with Crippen molar-refractivity contribution in [3.63, 3.8) is 0 Å². The topological polar surface area (TPSA) is 96.4 Å². The van der Waals surface area contributed by atoms with Gasteiger partial charge in [-0.3, -0.25) is 14.6 Å². The van der Waals surface area contributed by atoms with Gasteiger partial charge in [0.15, 0.2) is 0 Å². The standard InChI is InChI=1S/C39H37N3O4S/c43-28-30-6-4-10-36(24-30)34-17-21-38(22-18-34)47(45,46)42(27-31-7-5-23-40-25-31)26-29-11-13-32(14-12-29)33-15-19-37(20-16-33)41-39(44)35-8-2-1-3-9-35/h4-7,10-25,28,35H,1-3,8-9,26-27H2,(H,41,44). The first-order valence-electron chi connectivity index (χ1n) is 15.9. The molecule has 1 heterocycles. The molecule has 0 spiro atoms. The number of sulfonamides is 1. The second-order valence-corrected chi connectivity index (χ2v) is 13.9. The fourth-order valence-electron chi connectivity index (χ4n) is 6.04. The molecule has 1 N–H and O–H groups in total. The van der Waals surface area contributed by atoms with Gasteiger partial charge in [-0.1, -0.05) is 92.1 Å². The van der Waals surface area contributed by atoms with Crippen LogP contribution >= 0.6 is 0 Å². The maximum absolute atomic E-state index is 14.0. The Labute approximate surface area is 276 Å². The Balaban J connectivity index is 1.18. The van der Waals surface area contributed by atoms with E-state index in [0.29, 0.717) is 5.56 Å². The number of aromatic nitrogens is 1. The molecule has 47 heavy (non-hydrogen) atoms. The molecule has 1 fully saturated rings. The molecule has 1 aliphatic carbocycles. The lowest BCUT2D eigenvalue weighted by Gasteiger charge is -2.23. The predicted molar refractivity (Wildman–Crippen MR) is 185 cm³/mol. The summed E-state index contributed by atoms with van der Waals surface area (Å²) in [5.74, 6) is 0.205. The minimum Gasteiger partial charge on any atom is -0.326 e. The second kappa shape index (κ2) is 14.7. The average molecular weight is 644 g/mol. The number of carbonyl (C=O) groups excluding carboxylic acids is 2. The number of hydrogen-bond donors (Lipinski definition) is 1. The Morgan fingerprint density at radius 1 is 0.745 bits per heavy atom. The van der Waals surface area contributed by atoms with Crippen LogP contribution < -0.4 is 5.32 Å². The van der Waals surface area contributed by atoms with Crippen molar-refractivity contribution < 1.29 is 18.0 Å². The van der Waals surface area contributed by atoms with Crippen LogP contribution in [-0.4, -0.2) is 29.9 Å². The lowest BCUT2D eigenvalue weighted by Crippen LogP contribution is -2.30. The number of hydrogen-bond acceptors (Lipinski definition) is 5. The number of carbonyl (C=O) groups is 2. The van der Waals surface area contributed by atoms with Gasteiger partial charge in [0.05, 0.1) is 4.90 Å². The van der Waals surface area contributed by atoms with E-state index in [9.17, 15) is 18.0 Å². The SMILES string of the molecule is O=Cc1cccc(-c2ccc(S(=O)(=O)N(Cc3ccc(-c4ccc(NC(=O)C5CCCCC5)cc4)cc3)Cc3cccnc3)cc2)c1. The normalized spacial score (nSPS) is 13.7. The third kappa shape index (κ3) is 7.91. The van der Waals surface area contributed by atoms with Gasteiger partial charge in [0.2, 0.25) is 15.9 Å². The van der Waals surface area contributed by atoms with Crippen LogP contribution in [0.25, 0.3) is 22.3 Å². The van der Waals surface area contributed by atoms with Gasteiger partial charge >= 0.3 is 0 Å². The first kappa shape index (κ1) is 32.0. The predicted octanol–water partition coefficient (Wildman–Crippen LogP) is 8.14. The first-order valence-corrected chi connectivity index (χ1v) is 17.4. The number of amides is 1. The molecule has 5 aromatic rings. The largest absolute Gasteiger partial charge is 0.326 e. The average Bonchev–Trinajstić information content (AvgIpc) is 3.13. The smallest absolute Gasteiger partial charge is 0.243 e. The summed E-state index contributed by atoms with van der Waals surface area (Å²) in [6.07, 6.45) is 9.50. The summed E-state index contributed by atoms with van der Waals surface area (Å²) in [4.78, 5) is 28.2. The number of rotatable bonds is 11. The summed E-state index contributed by atoms with van der Waals surface area (Å²) in [7, 11) is -3.88. The van der Waals surface area contributed by atoms with Crippen molar-refractivity contribution in [2.75, 3.05) is 5.32 Å². The molecule has 0 saturated heterocycles. The second-order valence-electron chi connectivity index (χ2n) is 12.0. The zero-order valence-electron chi connectivity index (χ0n) is 26.1. The van der Waals surface area contributed by atoms with Crippen LogP contribution in [0.15, 0.2) is 126 Å². The van der Waals surface area contributed by atoms with Crippen LogP contribution in [0.2, 0.25) is 0 Å². The van der Waals surface area contributed by atoms with Crippen LogP contribution in [0.4, 0.5) is 5.69 Å². The third-order valence-electron chi connectivity index (χ3n) is 8.70. The van der Waals surface area contributed by atoms with Crippen molar-refractivity contribution in [3.8, 4) is 22.3 Å². The number of benzene rings is 4. The number of aldehydes is 1. The van der Waals surface area contributed by atoms with Crippen molar-refractivity contribution in [1.82, 2.24) is 9.29 Å². The van der Waals surface area contributed by atoms with Gasteiger partial charge in [-0.25, -0.2) is 8.42 Å². The van der Waals surface area contributed by atoms with Crippen molar-refractivity contribution >= 4 is 27.9 Å². The Morgan fingerprint density at radius 3 is 2.04 bits per heavy atom. The van der Waals surface area contributed by atoms with Crippen LogP contribution in [0.3, 0.4) is 0 Å². The summed E-state index contributed by atoms with van der Waals surface area (Å²) in [5.41, 5.74) is 6.64. The van der Waals surface area contributed by atoms with E-state index in [1.165, 1.54) is 10.7 Å². The van der Waals surface area contributed by atoms with Gasteiger partial charge in [-0.05, 0) is 82.6 Å². The quantitative estimate of drug-likeness (QED) is 0.147. The maximum atomic E-state index is 14.0. The third-order valence-corrected chi connectivity index (χ3v) is 10.5. The van der Waals surface area contributed by atoms with E-state index in [1.54, 1.807) is 60.9 Å². The molecule has 1 amide bonds. The highest BCUT2D eigenvalue weighted by atomic mass is 32.2. The van der Waals surface area contributed by atoms with Gasteiger partial charge in [0, 0.05) is 42.7 Å². The molecule has 1 aliphatic rings. The zero-order valence-corrected chi connectivity index (χ0v) is 26.9. The molecule has 1 aromatic heterocycles. The molecule has 6 rings (SSSR count). The number of nitrogens with zero attached hydrogens (tertiary/aromatic N) is 2. The number of nitrogens with one attached hydrogen (secondary N) is 1. The number of anilines is 1. The van der Waals surface area contributed by atoms with E-state index in [0.717, 1.165) is 71.0 Å². The Hall–Kier alpha value is -4.92. The lowest BCUT2D eigenvalue weighted by atomic mass is 9.88. The molecule has 1 saturated carbocycles. The van der Waals surface area contributed by atoms with Crippen LogP contribution in [-0.2, 0) is 27.9 Å². The highest BCUT2D eigenvalue weighted by molar-refractivity contribution is 7.89. The Morgan fingerprint density at radius 2 is 1.38 bits per heavy atom. The molecule has 4 aromatic carbocycles. The van der Waals surface area contributed by atoms with Crippen LogP contribution in [0.1, 0.15) is 53.6 Å². The Bertz CT molecular complexity index is 1920. The fourth-order valence-corrected chi connectivity index (χ4v) is 7.46. The minimum atomic E-state index is -3.88. The van der Waals surface area contributed by atoms with E-state index < -0.39 is 10.0 Å². The van der Waals surface area contributed by atoms with Gasteiger partial charge < -0.3 is 5.32 Å². The van der Waals surface area contributed by atoms with E-state index in [4.69, 9.17) is 0 Å². The van der Waals surface area contributed by atoms with E-state index in [-0.39, 0.29) is 29.8 Å². The van der Waals surface area contributed by atoms with Gasteiger partial charge in [-0.15, -0.1) is 0 Å². The molecule has 0 radical (unpaired) electrons. The lowest BCUT2D eigenvalue weighted by molar-refractivity contribution is -0.120. The highest BCUT2D eigenvalue weighted by Crippen LogP contribution is 2.28. The van der Waals surface area contributed by atoms with E-state index in [2.05, 4.69) is 10.3 Å². The van der Waals surface area contributed by atoms with Crippen molar-refractivity contribution in [2.24, 2.45) is 5.92 Å². The highest BCUT2D eigenvalue weighted by Gasteiger charge is 2.25. The minimum absolute atomic E-state index is 0.101. The van der Waals surface area contributed by atoms with E-state index in [1.807, 2.05) is 60.7 Å². The molecule has 238 valence electrons. The summed E-state index contributed by atoms with van der Waals surface area (Å²) in [5, 5.41) is 3.07. The maximum Gasteiger partial charge on any atom is 0.243 e. The first-order chi connectivity index (χ1) is 22.9. The number of pyridine rings is 1. The van der Waals surface area contributed by atoms with Crippen LogP contribution in [0, 0.1) is 5.92 Å².